The predicted molar refractivity (Wildman–Crippen MR) is 75.1 cm³/mol. The average Bonchev–Trinajstić information content (AvgIpc) is 3.01. The zero-order valence-corrected chi connectivity index (χ0v) is 12.1. The van der Waals surface area contributed by atoms with E-state index in [0.717, 1.165) is 5.69 Å². The fourth-order valence-electron chi connectivity index (χ4n) is 1.65. The van der Waals surface area contributed by atoms with Crippen molar-refractivity contribution in [1.82, 2.24) is 4.98 Å². The van der Waals surface area contributed by atoms with Crippen LogP contribution in [-0.2, 0) is 4.74 Å². The van der Waals surface area contributed by atoms with Crippen LogP contribution in [0.4, 0.5) is 0 Å². The second-order valence-electron chi connectivity index (χ2n) is 4.07. The van der Waals surface area contributed by atoms with Gasteiger partial charge in [0.1, 0.15) is 28.2 Å². The number of esters is 1. The van der Waals surface area contributed by atoms with Gasteiger partial charge in [0.15, 0.2) is 0 Å². The van der Waals surface area contributed by atoms with E-state index in [1.807, 2.05) is 12.3 Å². The highest BCUT2D eigenvalue weighted by Gasteiger charge is 2.15. The third-order valence-corrected chi connectivity index (χ3v) is 3.59. The van der Waals surface area contributed by atoms with Gasteiger partial charge in [0.05, 0.1) is 12.7 Å². The van der Waals surface area contributed by atoms with Crippen molar-refractivity contribution in [2.45, 2.75) is 13.8 Å². The smallest absolute Gasteiger partial charge is 0.341 e. The Bertz CT molecular complexity index is 719. The molecular formula is C14H12N2O3S. The van der Waals surface area contributed by atoms with Crippen LogP contribution in [0.15, 0.2) is 15.9 Å². The summed E-state index contributed by atoms with van der Waals surface area (Å²) in [5.74, 6) is 0.414. The molecule has 6 heteroatoms. The SMILES string of the molecule is COC(=O)c1cc(/C=C(\C#N)c2nc(C)cs2)oc1C. The maximum absolute atomic E-state index is 11.5. The van der Waals surface area contributed by atoms with Crippen LogP contribution in [-0.4, -0.2) is 18.1 Å². The Kier molecular flexibility index (Phi) is 4.01. The summed E-state index contributed by atoms with van der Waals surface area (Å²) < 4.78 is 10.1. The van der Waals surface area contributed by atoms with E-state index in [2.05, 4.69) is 15.8 Å². The second kappa shape index (κ2) is 5.72. The fourth-order valence-corrected chi connectivity index (χ4v) is 2.41. The van der Waals surface area contributed by atoms with Crippen LogP contribution in [0.25, 0.3) is 11.6 Å². The van der Waals surface area contributed by atoms with Crippen molar-refractivity contribution >= 4 is 29.0 Å². The van der Waals surface area contributed by atoms with Crippen molar-refractivity contribution in [3.05, 3.63) is 39.2 Å². The van der Waals surface area contributed by atoms with Gasteiger partial charge in [-0.1, -0.05) is 0 Å². The van der Waals surface area contributed by atoms with Crippen molar-refractivity contribution in [3.63, 3.8) is 0 Å². The molecule has 2 aromatic rings. The minimum Gasteiger partial charge on any atom is -0.465 e. The number of nitriles is 1. The lowest BCUT2D eigenvalue weighted by molar-refractivity contribution is 0.0599. The van der Waals surface area contributed by atoms with E-state index in [1.165, 1.54) is 18.4 Å². The Morgan fingerprint density at radius 3 is 2.85 bits per heavy atom. The number of rotatable bonds is 3. The molecular weight excluding hydrogens is 276 g/mol. The van der Waals surface area contributed by atoms with Gasteiger partial charge in [-0.15, -0.1) is 11.3 Å². The minimum absolute atomic E-state index is 0.353. The number of ether oxygens (including phenoxy) is 1. The molecule has 0 saturated heterocycles. The van der Waals surface area contributed by atoms with Crippen molar-refractivity contribution in [2.75, 3.05) is 7.11 Å². The van der Waals surface area contributed by atoms with Crippen LogP contribution in [0.3, 0.4) is 0 Å². The predicted octanol–water partition coefficient (Wildman–Crippen LogP) is 3.20. The molecule has 2 heterocycles. The van der Waals surface area contributed by atoms with Crippen LogP contribution in [0, 0.1) is 25.2 Å². The van der Waals surface area contributed by atoms with Crippen molar-refractivity contribution in [3.8, 4) is 6.07 Å². The zero-order chi connectivity index (χ0) is 14.7. The number of allylic oxidation sites excluding steroid dienone is 1. The molecule has 0 aromatic carbocycles. The lowest BCUT2D eigenvalue weighted by atomic mass is 10.2. The average molecular weight is 288 g/mol. The Balaban J connectivity index is 2.39. The van der Waals surface area contributed by atoms with E-state index in [9.17, 15) is 10.1 Å². The van der Waals surface area contributed by atoms with Gasteiger partial charge < -0.3 is 9.15 Å². The fraction of sp³-hybridized carbons (Fsp3) is 0.214. The molecule has 2 aromatic heterocycles. The molecule has 0 spiro atoms. The monoisotopic (exact) mass is 288 g/mol. The van der Waals surface area contributed by atoms with E-state index < -0.39 is 5.97 Å². The number of nitrogens with zero attached hydrogens (tertiary/aromatic N) is 2. The molecule has 0 radical (unpaired) electrons. The first kappa shape index (κ1) is 14.0. The molecule has 2 rings (SSSR count). The van der Waals surface area contributed by atoms with E-state index in [0.29, 0.717) is 27.7 Å². The Morgan fingerprint density at radius 2 is 2.30 bits per heavy atom. The number of aryl methyl sites for hydroxylation is 2. The molecule has 0 aliphatic heterocycles. The standard InChI is InChI=1S/C14H12N2O3S/c1-8-7-20-13(16-8)10(6-15)4-11-5-12(9(2)19-11)14(17)18-3/h4-5,7H,1-3H3/b10-4+. The van der Waals surface area contributed by atoms with Gasteiger partial charge in [-0.3, -0.25) is 0 Å². The first-order chi connectivity index (χ1) is 9.55. The Morgan fingerprint density at radius 1 is 1.55 bits per heavy atom. The zero-order valence-electron chi connectivity index (χ0n) is 11.3. The number of aromatic nitrogens is 1. The molecule has 0 fully saturated rings. The summed E-state index contributed by atoms with van der Waals surface area (Å²) in [6.45, 7) is 3.53. The maximum Gasteiger partial charge on any atom is 0.341 e. The molecule has 102 valence electrons. The first-order valence-corrected chi connectivity index (χ1v) is 6.66. The van der Waals surface area contributed by atoms with Gasteiger partial charge in [0.25, 0.3) is 0 Å². The van der Waals surface area contributed by atoms with Crippen molar-refractivity contribution in [2.24, 2.45) is 0 Å². The summed E-state index contributed by atoms with van der Waals surface area (Å²) in [6, 6.07) is 3.64. The highest BCUT2D eigenvalue weighted by molar-refractivity contribution is 7.11. The summed E-state index contributed by atoms with van der Waals surface area (Å²) >= 11 is 1.39. The summed E-state index contributed by atoms with van der Waals surface area (Å²) in [5, 5.41) is 11.7. The highest BCUT2D eigenvalue weighted by Crippen LogP contribution is 2.24. The van der Waals surface area contributed by atoms with E-state index in [1.54, 1.807) is 19.1 Å². The van der Waals surface area contributed by atoms with Crippen molar-refractivity contribution in [1.29, 1.82) is 5.26 Å². The third kappa shape index (κ3) is 2.78. The van der Waals surface area contributed by atoms with E-state index in [-0.39, 0.29) is 0 Å². The lowest BCUT2D eigenvalue weighted by Gasteiger charge is -1.93. The quantitative estimate of drug-likeness (QED) is 0.640. The van der Waals surface area contributed by atoms with Gasteiger partial charge in [-0.25, -0.2) is 9.78 Å². The summed E-state index contributed by atoms with van der Waals surface area (Å²) in [7, 11) is 1.31. The normalized spacial score (nSPS) is 11.2. The van der Waals surface area contributed by atoms with Gasteiger partial charge in [-0.05, 0) is 19.9 Å². The molecule has 0 aliphatic rings. The summed E-state index contributed by atoms with van der Waals surface area (Å²) in [5.41, 5.74) is 1.61. The second-order valence-corrected chi connectivity index (χ2v) is 4.93. The maximum atomic E-state index is 11.5. The number of hydrogen-bond acceptors (Lipinski definition) is 6. The molecule has 0 amide bonds. The topological polar surface area (TPSA) is 76.1 Å². The van der Waals surface area contributed by atoms with Crippen LogP contribution in [0.2, 0.25) is 0 Å². The van der Waals surface area contributed by atoms with Crippen molar-refractivity contribution < 1.29 is 13.9 Å². The Hall–Kier alpha value is -2.39. The van der Waals surface area contributed by atoms with Gasteiger partial charge in [-0.2, -0.15) is 5.26 Å². The Labute approximate surface area is 120 Å². The molecule has 0 aliphatic carbocycles. The summed E-state index contributed by atoms with van der Waals surface area (Å²) in [4.78, 5) is 15.8. The molecule has 0 atom stereocenters. The third-order valence-electron chi connectivity index (χ3n) is 2.60. The first-order valence-electron chi connectivity index (χ1n) is 5.78. The van der Waals surface area contributed by atoms with Crippen LogP contribution in [0.1, 0.15) is 32.6 Å². The summed E-state index contributed by atoms with van der Waals surface area (Å²) in [6.07, 6.45) is 1.57. The highest BCUT2D eigenvalue weighted by atomic mass is 32.1. The van der Waals surface area contributed by atoms with Gasteiger partial charge in [0.2, 0.25) is 0 Å². The molecule has 0 saturated carbocycles. The number of carbonyl (C=O) groups excluding carboxylic acids is 1. The minimum atomic E-state index is -0.463. The molecule has 0 unspecified atom stereocenters. The molecule has 20 heavy (non-hydrogen) atoms. The molecule has 0 bridgehead atoms. The van der Waals surface area contributed by atoms with Crippen LogP contribution < -0.4 is 0 Å². The molecule has 0 N–H and O–H groups in total. The van der Waals surface area contributed by atoms with E-state index in [4.69, 9.17) is 4.42 Å². The van der Waals surface area contributed by atoms with Crippen LogP contribution >= 0.6 is 11.3 Å². The number of methoxy groups -OCH3 is 1. The van der Waals surface area contributed by atoms with Gasteiger partial charge in [0, 0.05) is 17.2 Å². The van der Waals surface area contributed by atoms with E-state index >= 15 is 0 Å². The largest absolute Gasteiger partial charge is 0.465 e. The van der Waals surface area contributed by atoms with Crippen LogP contribution in [0.5, 0.6) is 0 Å². The van der Waals surface area contributed by atoms with Gasteiger partial charge >= 0.3 is 5.97 Å². The number of furan rings is 1. The number of carbonyl (C=O) groups is 1. The molecule has 5 nitrogen and oxygen atoms in total. The lowest BCUT2D eigenvalue weighted by Crippen LogP contribution is -2.00. The number of thiazole rings is 1. The number of hydrogen-bond donors (Lipinski definition) is 0.